The molecule has 0 radical (unpaired) electrons. The van der Waals surface area contributed by atoms with Crippen molar-refractivity contribution in [2.45, 2.75) is 45.6 Å². The summed E-state index contributed by atoms with van der Waals surface area (Å²) in [4.78, 5) is 21.9. The lowest BCUT2D eigenvalue weighted by Gasteiger charge is -2.17. The third-order valence-electron chi connectivity index (χ3n) is 3.90. The zero-order valence-corrected chi connectivity index (χ0v) is 14.5. The average Bonchev–Trinajstić information content (AvgIpc) is 2.53. The van der Waals surface area contributed by atoms with Crippen molar-refractivity contribution >= 4 is 24.0 Å². The first-order valence-corrected chi connectivity index (χ1v) is 7.72. The van der Waals surface area contributed by atoms with Crippen LogP contribution in [-0.2, 0) is 11.2 Å². The highest BCUT2D eigenvalue weighted by Gasteiger charge is 2.18. The highest BCUT2D eigenvalue weighted by molar-refractivity contribution is 5.85. The zero-order chi connectivity index (χ0) is 16.5. The molecule has 1 aromatic rings. The third kappa shape index (κ3) is 7.43. The number of carbonyl (C=O) groups excluding carboxylic acids is 1. The second-order valence-electron chi connectivity index (χ2n) is 5.58. The van der Waals surface area contributed by atoms with Crippen molar-refractivity contribution in [3.05, 3.63) is 39.9 Å². The van der Waals surface area contributed by atoms with Gasteiger partial charge in [-0.05, 0) is 30.7 Å². The molecule has 0 saturated heterocycles. The van der Waals surface area contributed by atoms with Gasteiger partial charge < -0.3 is 11.1 Å². The fourth-order valence-corrected chi connectivity index (χ4v) is 2.08. The number of hydrogen-bond acceptors (Lipinski definition) is 4. The number of nitro groups is 1. The smallest absolute Gasteiger partial charge is 0.269 e. The number of aryl methyl sites for hydroxylation is 1. The molecule has 0 heterocycles. The van der Waals surface area contributed by atoms with Crippen LogP contribution in [0.5, 0.6) is 0 Å². The maximum absolute atomic E-state index is 11.8. The Morgan fingerprint density at radius 2 is 1.91 bits per heavy atom. The molecule has 0 aliphatic heterocycles. The van der Waals surface area contributed by atoms with E-state index in [1.807, 2.05) is 13.8 Å². The molecule has 1 aromatic carbocycles. The summed E-state index contributed by atoms with van der Waals surface area (Å²) in [5.74, 6) is 0.0878. The van der Waals surface area contributed by atoms with Gasteiger partial charge in [0.2, 0.25) is 5.91 Å². The maximum Gasteiger partial charge on any atom is 0.269 e. The Labute approximate surface area is 143 Å². The lowest BCUT2D eigenvalue weighted by Crippen LogP contribution is -2.44. The molecule has 0 fully saturated rings. The first kappa shape index (κ1) is 21.3. The van der Waals surface area contributed by atoms with Crippen molar-refractivity contribution in [1.82, 2.24) is 5.32 Å². The van der Waals surface area contributed by atoms with Crippen LogP contribution < -0.4 is 11.1 Å². The van der Waals surface area contributed by atoms with Crippen molar-refractivity contribution < 1.29 is 9.72 Å². The quantitative estimate of drug-likeness (QED) is 0.409. The van der Waals surface area contributed by atoms with E-state index in [4.69, 9.17) is 5.73 Å². The van der Waals surface area contributed by atoms with Gasteiger partial charge in [0, 0.05) is 18.7 Å². The summed E-state index contributed by atoms with van der Waals surface area (Å²) < 4.78 is 0. The Balaban J connectivity index is 0.00000484. The van der Waals surface area contributed by atoms with Crippen LogP contribution in [0.15, 0.2) is 24.3 Å². The van der Waals surface area contributed by atoms with E-state index < -0.39 is 11.0 Å². The molecule has 7 heteroatoms. The minimum atomic E-state index is -0.445. The molecule has 0 aliphatic rings. The van der Waals surface area contributed by atoms with Crippen molar-refractivity contribution in [2.75, 3.05) is 6.54 Å². The van der Waals surface area contributed by atoms with Crippen LogP contribution in [0.3, 0.4) is 0 Å². The van der Waals surface area contributed by atoms with Crippen molar-refractivity contribution in [3.8, 4) is 0 Å². The van der Waals surface area contributed by atoms with Gasteiger partial charge in [-0.2, -0.15) is 0 Å². The molecular formula is C16H26ClN3O3. The van der Waals surface area contributed by atoms with Crippen LogP contribution >= 0.6 is 12.4 Å². The lowest BCUT2D eigenvalue weighted by molar-refractivity contribution is -0.384. The number of nitrogens with two attached hydrogens (primary N) is 1. The first-order chi connectivity index (χ1) is 10.5. The molecule has 6 nitrogen and oxygen atoms in total. The van der Waals surface area contributed by atoms with Crippen molar-refractivity contribution in [3.63, 3.8) is 0 Å². The Morgan fingerprint density at radius 3 is 2.43 bits per heavy atom. The fourth-order valence-electron chi connectivity index (χ4n) is 2.08. The van der Waals surface area contributed by atoms with E-state index in [-0.39, 0.29) is 29.9 Å². The maximum atomic E-state index is 11.8. The normalized spacial score (nSPS) is 12.8. The Bertz CT molecular complexity index is 494. The fraction of sp³-hybridized carbons (Fsp3) is 0.562. The number of halogens is 1. The predicted molar refractivity (Wildman–Crippen MR) is 93.7 cm³/mol. The lowest BCUT2D eigenvalue weighted by atomic mass is 9.99. The molecular weight excluding hydrogens is 318 g/mol. The standard InChI is InChI=1S/C16H25N3O3.ClH/c1-3-12(2)15(17)16(20)18-11-5-4-6-13-7-9-14(10-8-13)19(21)22;/h7-10,12,15H,3-6,11,17H2,1-2H3,(H,18,20);1H. The number of unbranched alkanes of at least 4 members (excludes halogenated alkanes) is 1. The van der Waals surface area contributed by atoms with Crippen molar-refractivity contribution in [1.29, 1.82) is 0 Å². The molecule has 0 saturated carbocycles. The zero-order valence-electron chi connectivity index (χ0n) is 13.7. The second-order valence-corrected chi connectivity index (χ2v) is 5.58. The number of nitro benzene ring substituents is 1. The van der Waals surface area contributed by atoms with Gasteiger partial charge in [-0.25, -0.2) is 0 Å². The summed E-state index contributed by atoms with van der Waals surface area (Å²) >= 11 is 0. The minimum absolute atomic E-state index is 0. The largest absolute Gasteiger partial charge is 0.355 e. The number of benzene rings is 1. The molecule has 130 valence electrons. The minimum Gasteiger partial charge on any atom is -0.355 e. The van der Waals surface area contributed by atoms with Gasteiger partial charge in [-0.1, -0.05) is 32.4 Å². The number of hydrogen-bond donors (Lipinski definition) is 2. The third-order valence-corrected chi connectivity index (χ3v) is 3.90. The molecule has 2 unspecified atom stereocenters. The van der Waals surface area contributed by atoms with Crippen LogP contribution in [0, 0.1) is 16.0 Å². The van der Waals surface area contributed by atoms with Gasteiger partial charge in [0.15, 0.2) is 0 Å². The summed E-state index contributed by atoms with van der Waals surface area (Å²) in [6.07, 6.45) is 3.49. The van der Waals surface area contributed by atoms with E-state index >= 15 is 0 Å². The molecule has 2 atom stereocenters. The predicted octanol–water partition coefficient (Wildman–Crippen LogP) is 2.83. The summed E-state index contributed by atoms with van der Waals surface area (Å²) in [6.45, 7) is 4.59. The first-order valence-electron chi connectivity index (χ1n) is 7.72. The van der Waals surface area contributed by atoms with Crippen LogP contribution in [-0.4, -0.2) is 23.4 Å². The number of amides is 1. The van der Waals surface area contributed by atoms with Crippen LogP contribution in [0.2, 0.25) is 0 Å². The number of non-ortho nitro benzene ring substituents is 1. The number of carbonyl (C=O) groups is 1. The van der Waals surface area contributed by atoms with Crippen molar-refractivity contribution in [2.24, 2.45) is 11.7 Å². The number of nitrogens with zero attached hydrogens (tertiary/aromatic N) is 1. The van der Waals surface area contributed by atoms with Gasteiger partial charge in [-0.15, -0.1) is 12.4 Å². The van der Waals surface area contributed by atoms with Gasteiger partial charge >= 0.3 is 0 Å². The highest BCUT2D eigenvalue weighted by Crippen LogP contribution is 2.13. The van der Waals surface area contributed by atoms with E-state index in [1.165, 1.54) is 12.1 Å². The SMILES string of the molecule is CCC(C)C(N)C(=O)NCCCCc1ccc([N+](=O)[O-])cc1.Cl. The summed E-state index contributed by atoms with van der Waals surface area (Å²) in [6, 6.07) is 6.13. The van der Waals surface area contributed by atoms with Crippen LogP contribution in [0.4, 0.5) is 5.69 Å². The van der Waals surface area contributed by atoms with E-state index in [2.05, 4.69) is 5.32 Å². The molecule has 23 heavy (non-hydrogen) atoms. The van der Waals surface area contributed by atoms with Crippen LogP contribution in [0.25, 0.3) is 0 Å². The Hall–Kier alpha value is -1.66. The molecule has 1 amide bonds. The molecule has 0 aliphatic carbocycles. The highest BCUT2D eigenvalue weighted by atomic mass is 35.5. The molecule has 0 aromatic heterocycles. The second kappa shape index (κ2) is 11.0. The molecule has 1 rings (SSSR count). The average molecular weight is 344 g/mol. The van der Waals surface area contributed by atoms with E-state index in [1.54, 1.807) is 12.1 Å². The molecule has 0 bridgehead atoms. The summed E-state index contributed by atoms with van der Waals surface area (Å²) in [5.41, 5.74) is 7.02. The Kier molecular flexibility index (Phi) is 10.2. The van der Waals surface area contributed by atoms with E-state index in [0.717, 1.165) is 31.2 Å². The van der Waals surface area contributed by atoms with E-state index in [0.29, 0.717) is 6.54 Å². The Morgan fingerprint density at radius 1 is 1.30 bits per heavy atom. The summed E-state index contributed by atoms with van der Waals surface area (Å²) in [5, 5.41) is 13.4. The number of rotatable bonds is 9. The van der Waals surface area contributed by atoms with E-state index in [9.17, 15) is 14.9 Å². The monoisotopic (exact) mass is 343 g/mol. The molecule has 3 N–H and O–H groups in total. The van der Waals surface area contributed by atoms with Gasteiger partial charge in [0.25, 0.3) is 5.69 Å². The van der Waals surface area contributed by atoms with Gasteiger partial charge in [0.05, 0.1) is 11.0 Å². The van der Waals surface area contributed by atoms with Gasteiger partial charge in [-0.3, -0.25) is 14.9 Å². The van der Waals surface area contributed by atoms with Crippen LogP contribution in [0.1, 0.15) is 38.7 Å². The topological polar surface area (TPSA) is 98.3 Å². The number of nitrogens with one attached hydrogen (secondary N) is 1. The molecule has 0 spiro atoms. The summed E-state index contributed by atoms with van der Waals surface area (Å²) in [7, 11) is 0. The van der Waals surface area contributed by atoms with Gasteiger partial charge in [0.1, 0.15) is 0 Å².